The minimum absolute atomic E-state index is 0.172. The molecule has 68 heavy (non-hydrogen) atoms. The summed E-state index contributed by atoms with van der Waals surface area (Å²) in [5.41, 5.74) is -0.188. The van der Waals surface area contributed by atoms with E-state index in [9.17, 15) is 9.59 Å². The molecule has 9 aliphatic rings. The lowest BCUT2D eigenvalue weighted by molar-refractivity contribution is -0.145. The van der Waals surface area contributed by atoms with E-state index < -0.39 is 70.6 Å². The molecule has 8 heterocycles. The molecule has 0 N–H and O–H groups in total. The zero-order valence-corrected chi connectivity index (χ0v) is 37.8. The third-order valence-corrected chi connectivity index (χ3v) is 17.0. The Labute approximate surface area is 385 Å². The molecule has 6 aliphatic heterocycles. The van der Waals surface area contributed by atoms with Crippen molar-refractivity contribution < 1.29 is 70.6 Å². The van der Waals surface area contributed by atoms with E-state index in [-0.39, 0.29) is 62.3 Å². The third-order valence-electron chi connectivity index (χ3n) is 17.0. The fourth-order valence-corrected chi connectivity index (χ4v) is 14.3. The van der Waals surface area contributed by atoms with Crippen molar-refractivity contribution in [2.75, 3.05) is 28.4 Å². The van der Waals surface area contributed by atoms with Crippen molar-refractivity contribution in [1.29, 1.82) is 0 Å². The van der Waals surface area contributed by atoms with E-state index in [1.54, 1.807) is 37.3 Å². The van der Waals surface area contributed by atoms with Crippen LogP contribution in [0.3, 0.4) is 0 Å². The second-order valence-electron chi connectivity index (χ2n) is 20.0. The molecule has 0 radical (unpaired) electrons. The van der Waals surface area contributed by atoms with Gasteiger partial charge in [0.05, 0.1) is 57.8 Å². The summed E-state index contributed by atoms with van der Waals surface area (Å²) in [5, 5.41) is 0.922. The molecule has 12 atom stereocenters. The van der Waals surface area contributed by atoms with Crippen LogP contribution in [0.4, 0.5) is 0 Å². The van der Waals surface area contributed by atoms with Crippen molar-refractivity contribution in [1.82, 2.24) is 0 Å². The zero-order chi connectivity index (χ0) is 46.6. The Morgan fingerprint density at radius 2 is 0.912 bits per heavy atom. The maximum atomic E-state index is 15.4. The summed E-state index contributed by atoms with van der Waals surface area (Å²) < 4.78 is 75.9. The molecule has 344 valence electrons. The van der Waals surface area contributed by atoms with E-state index in [1.807, 2.05) is 20.8 Å². The summed E-state index contributed by atoms with van der Waals surface area (Å²) >= 11 is 0. The molecule has 0 spiro atoms. The maximum absolute atomic E-state index is 15.4. The monoisotopic (exact) mass is 920 g/mol. The molecule has 0 saturated heterocycles. The molecule has 3 fully saturated rings. The summed E-state index contributed by atoms with van der Waals surface area (Å²) in [4.78, 5) is 58.6. The van der Waals surface area contributed by atoms with Gasteiger partial charge in [-0.05, 0) is 33.8 Å². The average molecular weight is 921 g/mol. The van der Waals surface area contributed by atoms with Gasteiger partial charge in [0, 0.05) is 64.8 Å². The van der Waals surface area contributed by atoms with Gasteiger partial charge in [-0.15, -0.1) is 0 Å². The van der Waals surface area contributed by atoms with Crippen LogP contribution in [-0.2, 0) is 0 Å². The van der Waals surface area contributed by atoms with Crippen LogP contribution in [0.25, 0.3) is 21.9 Å². The number of hydrogen-bond acceptors (Lipinski definition) is 16. The van der Waals surface area contributed by atoms with Crippen LogP contribution in [0, 0.1) is 24.7 Å². The molecule has 0 bridgehead atoms. The molecular weight excluding hydrogens is 881 g/mol. The van der Waals surface area contributed by atoms with Gasteiger partial charge in [-0.1, -0.05) is 0 Å². The summed E-state index contributed by atoms with van der Waals surface area (Å²) in [6, 6.07) is 9.97. The van der Waals surface area contributed by atoms with Crippen molar-refractivity contribution in [3.63, 3.8) is 0 Å². The predicted molar refractivity (Wildman–Crippen MR) is 235 cm³/mol. The minimum Gasteiger partial charge on any atom is -0.495 e. The standard InChI is InChI=1S/C52H40O16/c1-16-11-18(53)27-20(62-16)13-21-28(44(27)58-6)34-38-41(55)32-25(67-51(38,3)47(34)63-21)15-23-30(46(32)60-8)36-39-42(56)33-26(68-52(39,4)49(36)65-23)14-22-29(45(33)59-7)35-37-40(54)31-24(66-50(37,2)48(35)64-22)12-19-17(9-10-61-19)43(31)57-5/h9-15,34-39,47-49H,1-8H3. The Kier molecular flexibility index (Phi) is 6.74. The first kappa shape index (κ1) is 38.7. The van der Waals surface area contributed by atoms with Crippen LogP contribution in [-0.4, -0.2) is 80.9 Å². The smallest absolute Gasteiger partial charge is 0.196 e. The van der Waals surface area contributed by atoms with Gasteiger partial charge in [0.25, 0.3) is 0 Å². The Hall–Kier alpha value is -7.36. The fourth-order valence-electron chi connectivity index (χ4n) is 14.3. The van der Waals surface area contributed by atoms with Crippen molar-refractivity contribution in [3.05, 3.63) is 92.0 Å². The molecule has 3 aliphatic carbocycles. The van der Waals surface area contributed by atoms with E-state index in [2.05, 4.69) is 0 Å². The van der Waals surface area contributed by atoms with E-state index in [0.717, 1.165) is 0 Å². The van der Waals surface area contributed by atoms with Crippen molar-refractivity contribution in [2.24, 2.45) is 17.8 Å². The zero-order valence-electron chi connectivity index (χ0n) is 37.8. The number of carbonyl (C=O) groups excluding carboxylic acids is 3. The summed E-state index contributed by atoms with van der Waals surface area (Å²) in [7, 11) is 5.97. The van der Waals surface area contributed by atoms with Gasteiger partial charge < -0.3 is 56.2 Å². The van der Waals surface area contributed by atoms with Gasteiger partial charge in [-0.25, -0.2) is 0 Å². The van der Waals surface area contributed by atoms with E-state index in [0.29, 0.717) is 79.1 Å². The highest BCUT2D eigenvalue weighted by molar-refractivity contribution is 6.12. The number of furan rings is 1. The van der Waals surface area contributed by atoms with Gasteiger partial charge in [0.2, 0.25) is 0 Å². The number of ether oxygens (including phenoxy) is 10. The Bertz CT molecular complexity index is 3550. The van der Waals surface area contributed by atoms with Crippen LogP contribution < -0.4 is 52.8 Å². The van der Waals surface area contributed by atoms with Crippen molar-refractivity contribution >= 4 is 39.3 Å². The largest absolute Gasteiger partial charge is 0.495 e. The highest BCUT2D eigenvalue weighted by Crippen LogP contribution is 2.72. The molecule has 16 nitrogen and oxygen atoms in total. The second-order valence-corrected chi connectivity index (χ2v) is 20.0. The SMILES string of the molecule is COc1c2c(cc3c1C1C(O3)C3(C)Oc4cc5c(c(OC)c4C(=O)C13)C1C(O5)C3(C)Oc4cc5occc5c(OC)c4C(=O)C13)OC1(C)C3Oc4cc5oc(C)cc(=O)c5c(OC)c4C3C1C2=O. The number of methoxy groups -OCH3 is 4. The highest BCUT2D eigenvalue weighted by Gasteiger charge is 2.77. The molecule has 3 saturated carbocycles. The van der Waals surface area contributed by atoms with Gasteiger partial charge in [0.1, 0.15) is 115 Å². The minimum atomic E-state index is -1.15. The van der Waals surface area contributed by atoms with Crippen LogP contribution in [0.1, 0.15) is 92.0 Å². The van der Waals surface area contributed by atoms with E-state index in [4.69, 9.17) is 56.2 Å². The normalized spacial score (nSPS) is 33.6. The predicted octanol–water partition coefficient (Wildman–Crippen LogP) is 7.41. The van der Waals surface area contributed by atoms with Crippen molar-refractivity contribution in [2.45, 2.75) is 80.6 Å². The summed E-state index contributed by atoms with van der Waals surface area (Å²) in [5.74, 6) is -0.676. The number of Topliss-reactive ketones (excluding diaryl/α,β-unsaturated/α-hetero) is 3. The number of carbonyl (C=O) groups is 3. The lowest BCUT2D eigenvalue weighted by Gasteiger charge is -2.57. The van der Waals surface area contributed by atoms with Gasteiger partial charge in [-0.3, -0.25) is 19.2 Å². The maximum Gasteiger partial charge on any atom is 0.196 e. The van der Waals surface area contributed by atoms with Crippen LogP contribution in [0.2, 0.25) is 0 Å². The Balaban J connectivity index is 0.807. The van der Waals surface area contributed by atoms with Gasteiger partial charge in [0.15, 0.2) is 39.6 Å². The lowest BCUT2D eigenvalue weighted by Crippen LogP contribution is -2.71. The Morgan fingerprint density at radius 1 is 0.500 bits per heavy atom. The number of rotatable bonds is 4. The van der Waals surface area contributed by atoms with Crippen LogP contribution in [0.5, 0.6) is 57.5 Å². The molecule has 12 unspecified atom stereocenters. The van der Waals surface area contributed by atoms with Crippen LogP contribution in [0.15, 0.2) is 56.3 Å². The molecule has 4 aromatic carbocycles. The van der Waals surface area contributed by atoms with E-state index >= 15 is 9.59 Å². The average Bonchev–Trinajstić information content (AvgIpc) is 4.07. The lowest BCUT2D eigenvalue weighted by atomic mass is 9.53. The molecule has 6 aromatic rings. The van der Waals surface area contributed by atoms with Crippen LogP contribution >= 0.6 is 0 Å². The number of fused-ring (bicyclic) bond motifs is 23. The van der Waals surface area contributed by atoms with Gasteiger partial charge >= 0.3 is 0 Å². The fraction of sp³-hybridized carbons (Fsp3) is 0.385. The quantitative estimate of drug-likeness (QED) is 0.170. The molecular formula is C52H40O16. The molecule has 2 aromatic heterocycles. The first-order chi connectivity index (χ1) is 32.7. The first-order valence-corrected chi connectivity index (χ1v) is 22.6. The number of benzene rings is 4. The number of hydrogen-bond donors (Lipinski definition) is 0. The molecule has 16 heteroatoms. The van der Waals surface area contributed by atoms with Crippen molar-refractivity contribution in [3.8, 4) is 57.5 Å². The van der Waals surface area contributed by atoms with E-state index in [1.165, 1.54) is 40.8 Å². The molecule has 15 rings (SSSR count). The second kappa shape index (κ2) is 11.8. The summed E-state index contributed by atoms with van der Waals surface area (Å²) in [6.45, 7) is 7.26. The number of aryl methyl sites for hydroxylation is 1. The van der Waals surface area contributed by atoms with Gasteiger partial charge in [-0.2, -0.15) is 0 Å². The number of ketones is 3. The summed E-state index contributed by atoms with van der Waals surface area (Å²) in [6.07, 6.45) is -0.301. The first-order valence-electron chi connectivity index (χ1n) is 22.6. The molecule has 0 amide bonds. The topological polar surface area (TPSA) is 187 Å². The Morgan fingerprint density at radius 3 is 1.38 bits per heavy atom. The third kappa shape index (κ3) is 3.97. The highest BCUT2D eigenvalue weighted by atomic mass is 16.6.